The smallest absolute Gasteiger partial charge is 0.265 e. The van der Waals surface area contributed by atoms with Gasteiger partial charge in [-0.15, -0.1) is 0 Å². The molecule has 3 aromatic rings. The van der Waals surface area contributed by atoms with E-state index in [9.17, 15) is 18.3 Å². The first-order chi connectivity index (χ1) is 15.7. The van der Waals surface area contributed by atoms with Crippen LogP contribution in [-0.2, 0) is 16.4 Å². The van der Waals surface area contributed by atoms with E-state index in [0.717, 1.165) is 4.31 Å². The number of ketones is 1. The third-order valence-corrected chi connectivity index (χ3v) is 7.77. The van der Waals surface area contributed by atoms with Gasteiger partial charge < -0.3 is 9.84 Å². The molecule has 33 heavy (non-hydrogen) atoms. The highest BCUT2D eigenvalue weighted by molar-refractivity contribution is 7.92. The van der Waals surface area contributed by atoms with Gasteiger partial charge in [0.2, 0.25) is 5.88 Å². The quantitative estimate of drug-likeness (QED) is 0.477. The van der Waals surface area contributed by atoms with Crippen LogP contribution in [0.15, 0.2) is 59.6 Å². The number of ether oxygens (including phenoxy) is 1. The fourth-order valence-corrected chi connectivity index (χ4v) is 6.05. The van der Waals surface area contributed by atoms with Crippen LogP contribution in [0.2, 0.25) is 15.1 Å². The third-order valence-electron chi connectivity index (χ3n) is 5.04. The first-order valence-corrected chi connectivity index (χ1v) is 12.3. The summed E-state index contributed by atoms with van der Waals surface area (Å²) in [5, 5.41) is 10.5. The van der Waals surface area contributed by atoms with Gasteiger partial charge in [-0.05, 0) is 42.0 Å². The number of Topliss-reactive ketones (excluding diaryl/α,β-unsaturated/α-hetero) is 1. The molecule has 0 unspecified atom stereocenters. The molecule has 172 valence electrons. The Morgan fingerprint density at radius 1 is 1.12 bits per heavy atom. The van der Waals surface area contributed by atoms with Crippen LogP contribution in [0, 0.1) is 0 Å². The van der Waals surface area contributed by atoms with Crippen LogP contribution in [0.5, 0.6) is 5.88 Å². The lowest BCUT2D eigenvalue weighted by atomic mass is 10.0. The Morgan fingerprint density at radius 2 is 1.82 bits per heavy atom. The van der Waals surface area contributed by atoms with Crippen molar-refractivity contribution < 1.29 is 23.1 Å². The van der Waals surface area contributed by atoms with Crippen molar-refractivity contribution in [3.05, 3.63) is 80.9 Å². The van der Waals surface area contributed by atoms with Crippen molar-refractivity contribution in [2.75, 3.05) is 17.5 Å². The number of pyridine rings is 1. The molecule has 0 spiro atoms. The summed E-state index contributed by atoms with van der Waals surface area (Å²) in [6, 6.07) is 11.2. The molecule has 0 saturated carbocycles. The molecule has 4 rings (SSSR count). The fourth-order valence-electron chi connectivity index (χ4n) is 3.52. The van der Waals surface area contributed by atoms with Gasteiger partial charge in [-0.1, -0.05) is 46.9 Å². The van der Waals surface area contributed by atoms with Gasteiger partial charge in [0, 0.05) is 17.6 Å². The summed E-state index contributed by atoms with van der Waals surface area (Å²) in [4.78, 5) is 17.0. The topological polar surface area (TPSA) is 96.8 Å². The summed E-state index contributed by atoms with van der Waals surface area (Å²) in [6.07, 6.45) is 1.30. The molecule has 11 heteroatoms. The SMILES string of the molecule is O=C(Cc1cnc2c(c1)N(S(=O)(=O)c1cccc(Cl)c1)[C@@H](CO)CO2)c1c(Cl)cccc1Cl. The molecule has 1 aliphatic rings. The van der Waals surface area contributed by atoms with E-state index in [2.05, 4.69) is 4.98 Å². The van der Waals surface area contributed by atoms with Crippen LogP contribution in [0.4, 0.5) is 5.69 Å². The molecule has 1 aliphatic heterocycles. The predicted molar refractivity (Wildman–Crippen MR) is 126 cm³/mol. The lowest BCUT2D eigenvalue weighted by Crippen LogP contribution is -2.49. The molecule has 2 heterocycles. The van der Waals surface area contributed by atoms with Crippen LogP contribution >= 0.6 is 34.8 Å². The summed E-state index contributed by atoms with van der Waals surface area (Å²) in [7, 11) is -4.13. The van der Waals surface area contributed by atoms with Gasteiger partial charge in [-0.2, -0.15) is 0 Å². The molecule has 2 aromatic carbocycles. The molecule has 0 bridgehead atoms. The summed E-state index contributed by atoms with van der Waals surface area (Å²) in [5.41, 5.74) is 0.700. The number of aliphatic hydroxyl groups excluding tert-OH is 1. The summed E-state index contributed by atoms with van der Waals surface area (Å²) < 4.78 is 33.6. The van der Waals surface area contributed by atoms with E-state index in [-0.39, 0.29) is 55.9 Å². The second kappa shape index (κ2) is 9.48. The van der Waals surface area contributed by atoms with Gasteiger partial charge in [0.25, 0.3) is 10.0 Å². The molecule has 1 N–H and O–H groups in total. The van der Waals surface area contributed by atoms with Crippen molar-refractivity contribution in [3.8, 4) is 5.88 Å². The molecular formula is C22H17Cl3N2O5S. The lowest BCUT2D eigenvalue weighted by Gasteiger charge is -2.36. The summed E-state index contributed by atoms with van der Waals surface area (Å²) in [6.45, 7) is -0.582. The van der Waals surface area contributed by atoms with Crippen molar-refractivity contribution >= 4 is 56.3 Å². The minimum absolute atomic E-state index is 0.0503. The van der Waals surface area contributed by atoms with E-state index < -0.39 is 22.7 Å². The predicted octanol–water partition coefficient (Wildman–Crippen LogP) is 4.42. The van der Waals surface area contributed by atoms with Crippen molar-refractivity contribution in [2.24, 2.45) is 0 Å². The van der Waals surface area contributed by atoms with E-state index in [1.807, 2.05) is 0 Å². The van der Waals surface area contributed by atoms with Crippen molar-refractivity contribution in [1.29, 1.82) is 0 Å². The molecular weight excluding hydrogens is 511 g/mol. The van der Waals surface area contributed by atoms with E-state index in [1.54, 1.807) is 24.3 Å². The van der Waals surface area contributed by atoms with Gasteiger partial charge in [0.15, 0.2) is 5.78 Å². The zero-order chi connectivity index (χ0) is 23.8. The van der Waals surface area contributed by atoms with Gasteiger partial charge in [0.05, 0.1) is 27.1 Å². The highest BCUT2D eigenvalue weighted by Gasteiger charge is 2.38. The first kappa shape index (κ1) is 23.8. The Morgan fingerprint density at radius 3 is 2.48 bits per heavy atom. The largest absolute Gasteiger partial charge is 0.474 e. The van der Waals surface area contributed by atoms with E-state index >= 15 is 0 Å². The number of benzene rings is 2. The number of hydrogen-bond acceptors (Lipinski definition) is 6. The van der Waals surface area contributed by atoms with E-state index in [4.69, 9.17) is 39.5 Å². The number of sulfonamides is 1. The maximum Gasteiger partial charge on any atom is 0.265 e. The Kier molecular flexibility index (Phi) is 6.83. The number of halogens is 3. The third kappa shape index (κ3) is 4.67. The maximum absolute atomic E-state index is 13.5. The van der Waals surface area contributed by atoms with Crippen LogP contribution in [0.1, 0.15) is 15.9 Å². The van der Waals surface area contributed by atoms with E-state index in [1.165, 1.54) is 30.5 Å². The highest BCUT2D eigenvalue weighted by Crippen LogP contribution is 2.37. The minimum Gasteiger partial charge on any atom is -0.474 e. The Balaban J connectivity index is 1.75. The average molecular weight is 528 g/mol. The van der Waals surface area contributed by atoms with Crippen LogP contribution in [-0.4, -0.2) is 43.5 Å². The number of anilines is 1. The normalized spacial score (nSPS) is 15.6. The second-order valence-corrected chi connectivity index (χ2v) is 10.3. The Hall–Kier alpha value is -2.36. The Bertz CT molecular complexity index is 1310. The zero-order valence-electron chi connectivity index (χ0n) is 16.9. The number of carbonyl (C=O) groups is 1. The number of aromatic nitrogens is 1. The second-order valence-electron chi connectivity index (χ2n) is 7.27. The standard InChI is InChI=1S/C22H17Cl3N2O5S/c23-14-3-1-4-16(9-14)33(30,31)27-15(11-28)12-32-22-19(27)7-13(10-26-22)8-20(29)21-17(24)5-2-6-18(21)25/h1-7,9-10,15,28H,8,11-12H2/t15-/m0/s1. The van der Waals surface area contributed by atoms with Gasteiger partial charge in [0.1, 0.15) is 18.3 Å². The Labute approximate surface area is 205 Å². The molecule has 0 saturated heterocycles. The molecule has 0 fully saturated rings. The monoisotopic (exact) mass is 526 g/mol. The van der Waals surface area contributed by atoms with Crippen LogP contribution < -0.4 is 9.04 Å². The lowest BCUT2D eigenvalue weighted by molar-refractivity contribution is 0.0993. The van der Waals surface area contributed by atoms with Crippen molar-refractivity contribution in [1.82, 2.24) is 4.98 Å². The molecule has 1 aromatic heterocycles. The number of nitrogens with zero attached hydrogens (tertiary/aromatic N) is 2. The van der Waals surface area contributed by atoms with Crippen LogP contribution in [0.3, 0.4) is 0 Å². The molecule has 0 aliphatic carbocycles. The average Bonchev–Trinajstić information content (AvgIpc) is 2.78. The highest BCUT2D eigenvalue weighted by atomic mass is 35.5. The van der Waals surface area contributed by atoms with Gasteiger partial charge in [-0.3, -0.25) is 9.10 Å². The molecule has 0 radical (unpaired) electrons. The number of carbonyl (C=O) groups excluding carboxylic acids is 1. The first-order valence-electron chi connectivity index (χ1n) is 9.72. The maximum atomic E-state index is 13.5. The number of fused-ring (bicyclic) bond motifs is 1. The number of aliphatic hydroxyl groups is 1. The van der Waals surface area contributed by atoms with Gasteiger partial charge >= 0.3 is 0 Å². The van der Waals surface area contributed by atoms with Crippen molar-refractivity contribution in [2.45, 2.75) is 17.4 Å². The minimum atomic E-state index is -4.13. The zero-order valence-corrected chi connectivity index (χ0v) is 20.0. The summed E-state index contributed by atoms with van der Waals surface area (Å²) in [5.74, 6) is -0.288. The molecule has 0 amide bonds. The number of hydrogen-bond donors (Lipinski definition) is 1. The molecule has 1 atom stereocenters. The van der Waals surface area contributed by atoms with Crippen LogP contribution in [0.25, 0.3) is 0 Å². The fraction of sp³-hybridized carbons (Fsp3) is 0.182. The van der Waals surface area contributed by atoms with Gasteiger partial charge in [-0.25, -0.2) is 13.4 Å². The number of rotatable bonds is 6. The van der Waals surface area contributed by atoms with Crippen molar-refractivity contribution in [3.63, 3.8) is 0 Å². The summed E-state index contributed by atoms with van der Waals surface area (Å²) >= 11 is 18.3. The van der Waals surface area contributed by atoms with E-state index in [0.29, 0.717) is 5.56 Å². The molecule has 7 nitrogen and oxygen atoms in total.